The van der Waals surface area contributed by atoms with Gasteiger partial charge in [0.05, 0.1) is 0 Å². The van der Waals surface area contributed by atoms with Crippen molar-refractivity contribution in [1.82, 2.24) is 4.98 Å². The molecule has 0 N–H and O–H groups in total. The van der Waals surface area contributed by atoms with Gasteiger partial charge < -0.3 is 0 Å². The van der Waals surface area contributed by atoms with Crippen LogP contribution in [0.5, 0.6) is 0 Å². The molecule has 3 rings (SSSR count). The molecule has 0 bridgehead atoms. The lowest BCUT2D eigenvalue weighted by Gasteiger charge is -2.18. The van der Waals surface area contributed by atoms with Crippen molar-refractivity contribution in [3.05, 3.63) is 53.6 Å². The maximum atomic E-state index is 13.7. The van der Waals surface area contributed by atoms with Gasteiger partial charge in [0.2, 0.25) is 0 Å². The highest BCUT2D eigenvalue weighted by molar-refractivity contribution is 5.72. The van der Waals surface area contributed by atoms with Crippen molar-refractivity contribution in [2.45, 2.75) is 12.8 Å². The molecule has 15 heavy (non-hydrogen) atoms. The van der Waals surface area contributed by atoms with Gasteiger partial charge >= 0.3 is 0 Å². The number of pyridine rings is 1. The molecule has 2 aromatic rings. The van der Waals surface area contributed by atoms with E-state index in [-0.39, 0.29) is 5.82 Å². The number of halogens is 1. The molecule has 0 spiro atoms. The second-order valence-electron chi connectivity index (χ2n) is 3.77. The number of hydrogen-bond acceptors (Lipinski definition) is 1. The lowest BCUT2D eigenvalue weighted by atomic mass is 9.88. The Hall–Kier alpha value is -1.70. The number of aryl methyl sites for hydroxylation is 2. The molecule has 0 aliphatic heterocycles. The van der Waals surface area contributed by atoms with Crippen molar-refractivity contribution in [3.63, 3.8) is 0 Å². The molecule has 2 heteroatoms. The molecule has 0 fully saturated rings. The highest BCUT2D eigenvalue weighted by Crippen LogP contribution is 2.33. The molecular formula is C13H10FN. The van der Waals surface area contributed by atoms with Gasteiger partial charge in [-0.2, -0.15) is 0 Å². The van der Waals surface area contributed by atoms with Gasteiger partial charge in [-0.15, -0.1) is 0 Å². The van der Waals surface area contributed by atoms with E-state index in [1.165, 1.54) is 6.07 Å². The number of aromatic nitrogens is 1. The van der Waals surface area contributed by atoms with Gasteiger partial charge in [-0.05, 0) is 30.5 Å². The van der Waals surface area contributed by atoms with Crippen LogP contribution in [0.1, 0.15) is 11.3 Å². The molecule has 0 amide bonds. The van der Waals surface area contributed by atoms with Crippen LogP contribution in [0.4, 0.5) is 4.39 Å². The SMILES string of the molecule is Fc1cccc2c1-c1cccnc1CC2. The van der Waals surface area contributed by atoms with Crippen LogP contribution in [0.2, 0.25) is 0 Å². The molecule has 1 aromatic carbocycles. The third-order valence-corrected chi connectivity index (χ3v) is 2.89. The molecule has 1 heterocycles. The Bertz CT molecular complexity index is 520. The van der Waals surface area contributed by atoms with E-state index < -0.39 is 0 Å². The zero-order chi connectivity index (χ0) is 10.3. The first-order valence-corrected chi connectivity index (χ1v) is 5.08. The first-order chi connectivity index (χ1) is 7.36. The summed E-state index contributed by atoms with van der Waals surface area (Å²) in [5.74, 6) is -0.138. The van der Waals surface area contributed by atoms with E-state index in [0.29, 0.717) is 0 Å². The fraction of sp³-hybridized carbons (Fsp3) is 0.154. The highest BCUT2D eigenvalue weighted by atomic mass is 19.1. The summed E-state index contributed by atoms with van der Waals surface area (Å²) in [5, 5.41) is 0. The monoisotopic (exact) mass is 199 g/mol. The minimum atomic E-state index is -0.138. The number of nitrogens with zero attached hydrogens (tertiary/aromatic N) is 1. The number of hydrogen-bond donors (Lipinski definition) is 0. The third kappa shape index (κ3) is 1.25. The average molecular weight is 199 g/mol. The van der Waals surface area contributed by atoms with Crippen LogP contribution in [-0.2, 0) is 12.8 Å². The van der Waals surface area contributed by atoms with Gasteiger partial charge in [0.25, 0.3) is 0 Å². The van der Waals surface area contributed by atoms with Gasteiger partial charge in [0, 0.05) is 23.0 Å². The van der Waals surface area contributed by atoms with E-state index in [1.54, 1.807) is 12.3 Å². The topological polar surface area (TPSA) is 12.9 Å². The Morgan fingerprint density at radius 3 is 2.93 bits per heavy atom. The lowest BCUT2D eigenvalue weighted by Crippen LogP contribution is -2.07. The van der Waals surface area contributed by atoms with E-state index >= 15 is 0 Å². The van der Waals surface area contributed by atoms with E-state index in [1.807, 2.05) is 18.2 Å². The summed E-state index contributed by atoms with van der Waals surface area (Å²) in [6.07, 6.45) is 3.56. The Kier molecular flexibility index (Phi) is 1.81. The van der Waals surface area contributed by atoms with Crippen molar-refractivity contribution in [2.75, 3.05) is 0 Å². The van der Waals surface area contributed by atoms with Crippen molar-refractivity contribution in [1.29, 1.82) is 0 Å². The summed E-state index contributed by atoms with van der Waals surface area (Å²) < 4.78 is 13.7. The summed E-state index contributed by atoms with van der Waals surface area (Å²) in [5.41, 5.74) is 3.80. The van der Waals surface area contributed by atoms with Crippen molar-refractivity contribution in [2.24, 2.45) is 0 Å². The molecule has 74 valence electrons. The number of benzene rings is 1. The summed E-state index contributed by atoms with van der Waals surface area (Å²) >= 11 is 0. The Balaban J connectivity index is 2.33. The van der Waals surface area contributed by atoms with Crippen LogP contribution in [0.15, 0.2) is 36.5 Å². The smallest absolute Gasteiger partial charge is 0.131 e. The first-order valence-electron chi connectivity index (χ1n) is 5.08. The standard InChI is InChI=1S/C13H10FN/c14-11-5-1-3-9-6-7-12-10(13(9)11)4-2-8-15-12/h1-5,8H,6-7H2. The molecule has 1 aliphatic carbocycles. The Morgan fingerprint density at radius 2 is 2.00 bits per heavy atom. The van der Waals surface area contributed by atoms with Gasteiger partial charge in [-0.25, -0.2) is 4.39 Å². The fourth-order valence-electron chi connectivity index (χ4n) is 2.20. The van der Waals surface area contributed by atoms with Crippen LogP contribution in [0.3, 0.4) is 0 Å². The van der Waals surface area contributed by atoms with Gasteiger partial charge in [-0.1, -0.05) is 18.2 Å². The Labute approximate surface area is 87.6 Å². The maximum absolute atomic E-state index is 13.7. The summed E-state index contributed by atoms with van der Waals surface area (Å²) in [6.45, 7) is 0. The summed E-state index contributed by atoms with van der Waals surface area (Å²) in [7, 11) is 0. The molecule has 0 atom stereocenters. The third-order valence-electron chi connectivity index (χ3n) is 2.89. The molecular weight excluding hydrogens is 189 g/mol. The molecule has 0 saturated heterocycles. The van der Waals surface area contributed by atoms with E-state index in [2.05, 4.69) is 4.98 Å². The van der Waals surface area contributed by atoms with Crippen LogP contribution in [-0.4, -0.2) is 4.98 Å². The predicted octanol–water partition coefficient (Wildman–Crippen LogP) is 2.99. The number of rotatable bonds is 0. The summed E-state index contributed by atoms with van der Waals surface area (Å²) in [6, 6.07) is 9.09. The van der Waals surface area contributed by atoms with Crippen molar-refractivity contribution in [3.8, 4) is 11.1 Å². The molecule has 0 saturated carbocycles. The van der Waals surface area contributed by atoms with Crippen LogP contribution < -0.4 is 0 Å². The summed E-state index contributed by atoms with van der Waals surface area (Å²) in [4.78, 5) is 4.29. The van der Waals surface area contributed by atoms with E-state index in [9.17, 15) is 4.39 Å². The van der Waals surface area contributed by atoms with Crippen molar-refractivity contribution < 1.29 is 4.39 Å². The maximum Gasteiger partial charge on any atom is 0.131 e. The van der Waals surface area contributed by atoms with Gasteiger partial charge in [0.1, 0.15) is 5.82 Å². The second-order valence-corrected chi connectivity index (χ2v) is 3.77. The van der Waals surface area contributed by atoms with Crippen LogP contribution >= 0.6 is 0 Å². The average Bonchev–Trinajstić information content (AvgIpc) is 2.29. The van der Waals surface area contributed by atoms with Crippen LogP contribution in [0, 0.1) is 5.82 Å². The fourth-order valence-corrected chi connectivity index (χ4v) is 2.20. The predicted molar refractivity (Wildman–Crippen MR) is 57.0 cm³/mol. The molecule has 1 aliphatic rings. The molecule has 0 radical (unpaired) electrons. The zero-order valence-corrected chi connectivity index (χ0v) is 8.20. The largest absolute Gasteiger partial charge is 0.261 e. The van der Waals surface area contributed by atoms with Crippen LogP contribution in [0.25, 0.3) is 11.1 Å². The first kappa shape index (κ1) is 8.60. The van der Waals surface area contributed by atoms with E-state index in [4.69, 9.17) is 0 Å². The normalized spacial score (nSPS) is 13.1. The Morgan fingerprint density at radius 1 is 1.07 bits per heavy atom. The minimum absolute atomic E-state index is 0.138. The lowest BCUT2D eigenvalue weighted by molar-refractivity contribution is 0.627. The minimum Gasteiger partial charge on any atom is -0.261 e. The zero-order valence-electron chi connectivity index (χ0n) is 8.20. The molecule has 1 nitrogen and oxygen atoms in total. The van der Waals surface area contributed by atoms with E-state index in [0.717, 1.165) is 35.2 Å². The quantitative estimate of drug-likeness (QED) is 0.635. The number of fused-ring (bicyclic) bond motifs is 3. The second kappa shape index (κ2) is 3.16. The van der Waals surface area contributed by atoms with Crippen molar-refractivity contribution >= 4 is 0 Å². The molecule has 0 unspecified atom stereocenters. The van der Waals surface area contributed by atoms with Gasteiger partial charge in [-0.3, -0.25) is 4.98 Å². The highest BCUT2D eigenvalue weighted by Gasteiger charge is 2.19. The van der Waals surface area contributed by atoms with Gasteiger partial charge in [0.15, 0.2) is 0 Å². The molecule has 1 aromatic heterocycles.